The van der Waals surface area contributed by atoms with E-state index in [1.807, 2.05) is 0 Å². The van der Waals surface area contributed by atoms with E-state index in [1.165, 1.54) is 11.3 Å². The highest BCUT2D eigenvalue weighted by Gasteiger charge is 2.42. The van der Waals surface area contributed by atoms with Crippen LogP contribution in [0.4, 0.5) is 5.69 Å². The Morgan fingerprint density at radius 2 is 2.22 bits per heavy atom. The van der Waals surface area contributed by atoms with Crippen molar-refractivity contribution in [2.24, 2.45) is 5.92 Å². The third-order valence-corrected chi connectivity index (χ3v) is 4.13. The van der Waals surface area contributed by atoms with Crippen LogP contribution in [0.1, 0.15) is 32.3 Å². The van der Waals surface area contributed by atoms with Crippen LogP contribution in [0.5, 0.6) is 0 Å². The number of aliphatic carboxylic acids is 1. The molecule has 2 rings (SSSR count). The molecular weight excluding hydrogens is 226 g/mol. The highest BCUT2D eigenvalue weighted by Crippen LogP contribution is 2.40. The average Bonchev–Trinajstić information content (AvgIpc) is 2.54. The summed E-state index contributed by atoms with van der Waals surface area (Å²) in [5.41, 5.74) is 2.35. The Morgan fingerprint density at radius 1 is 1.50 bits per heavy atom. The summed E-state index contributed by atoms with van der Waals surface area (Å²) >= 11 is 0. The molecule has 1 aromatic carbocycles. The van der Waals surface area contributed by atoms with Gasteiger partial charge in [0, 0.05) is 17.8 Å². The molecule has 0 amide bonds. The summed E-state index contributed by atoms with van der Waals surface area (Å²) in [5, 5.41) is 8.99. The number of benzene rings is 1. The maximum Gasteiger partial charge on any atom is 0.303 e. The van der Waals surface area contributed by atoms with Crippen LogP contribution in [0.3, 0.4) is 0 Å². The van der Waals surface area contributed by atoms with Gasteiger partial charge in [0.15, 0.2) is 0 Å². The Hall–Kier alpha value is -1.51. The number of rotatable bonds is 3. The van der Waals surface area contributed by atoms with Gasteiger partial charge in [-0.2, -0.15) is 0 Å². The van der Waals surface area contributed by atoms with Crippen molar-refractivity contribution in [3.63, 3.8) is 0 Å². The zero-order chi connectivity index (χ0) is 13.3. The Morgan fingerprint density at radius 3 is 2.83 bits per heavy atom. The molecule has 1 aliphatic rings. The molecule has 98 valence electrons. The summed E-state index contributed by atoms with van der Waals surface area (Å²) in [6, 6.07) is 8.43. The second-order valence-electron chi connectivity index (χ2n) is 5.73. The predicted molar refractivity (Wildman–Crippen MR) is 73.0 cm³/mol. The van der Waals surface area contributed by atoms with Crippen molar-refractivity contribution in [1.29, 1.82) is 0 Å². The lowest BCUT2D eigenvalue weighted by Gasteiger charge is -2.37. The van der Waals surface area contributed by atoms with E-state index < -0.39 is 5.97 Å². The van der Waals surface area contributed by atoms with E-state index in [-0.39, 0.29) is 17.9 Å². The monoisotopic (exact) mass is 247 g/mol. The van der Waals surface area contributed by atoms with E-state index in [4.69, 9.17) is 5.11 Å². The Bertz CT molecular complexity index is 454. The van der Waals surface area contributed by atoms with Crippen molar-refractivity contribution >= 4 is 11.7 Å². The van der Waals surface area contributed by atoms with Gasteiger partial charge in [0.2, 0.25) is 0 Å². The molecular formula is C15H21NO2. The van der Waals surface area contributed by atoms with Gasteiger partial charge < -0.3 is 10.0 Å². The molecule has 0 saturated carbocycles. The van der Waals surface area contributed by atoms with Crippen molar-refractivity contribution in [3.05, 3.63) is 29.8 Å². The number of nitrogens with zero attached hydrogens (tertiary/aromatic N) is 1. The SMILES string of the molecule is Cc1cccc(N2CCC(CC(=O)O)C2(C)C)c1. The lowest BCUT2D eigenvalue weighted by molar-refractivity contribution is -0.138. The quantitative estimate of drug-likeness (QED) is 0.892. The molecule has 0 aromatic heterocycles. The minimum absolute atomic E-state index is 0.0911. The number of anilines is 1. The summed E-state index contributed by atoms with van der Waals surface area (Å²) in [7, 11) is 0. The number of aryl methyl sites for hydroxylation is 1. The largest absolute Gasteiger partial charge is 0.481 e. The van der Waals surface area contributed by atoms with Crippen LogP contribution >= 0.6 is 0 Å². The third-order valence-electron chi connectivity index (χ3n) is 4.13. The summed E-state index contributed by atoms with van der Waals surface area (Å²) in [5.74, 6) is -0.477. The first-order chi connectivity index (χ1) is 8.41. The van der Waals surface area contributed by atoms with Crippen molar-refractivity contribution in [1.82, 2.24) is 0 Å². The summed E-state index contributed by atoms with van der Waals surface area (Å²) in [6.45, 7) is 7.32. The van der Waals surface area contributed by atoms with Crippen LogP contribution in [0.2, 0.25) is 0 Å². The first-order valence-electron chi connectivity index (χ1n) is 6.47. The van der Waals surface area contributed by atoms with Gasteiger partial charge in [-0.1, -0.05) is 12.1 Å². The molecule has 1 heterocycles. The molecule has 0 bridgehead atoms. The van der Waals surface area contributed by atoms with Crippen LogP contribution in [0.15, 0.2) is 24.3 Å². The predicted octanol–water partition coefficient (Wildman–Crippen LogP) is 3.07. The lowest BCUT2D eigenvalue weighted by Crippen LogP contribution is -2.43. The topological polar surface area (TPSA) is 40.5 Å². The van der Waals surface area contributed by atoms with E-state index in [0.29, 0.717) is 0 Å². The van der Waals surface area contributed by atoms with Crippen LogP contribution in [-0.2, 0) is 4.79 Å². The first-order valence-corrected chi connectivity index (χ1v) is 6.47. The summed E-state index contributed by atoms with van der Waals surface area (Å²) in [6.07, 6.45) is 1.21. The number of hydrogen-bond acceptors (Lipinski definition) is 2. The van der Waals surface area contributed by atoms with Gasteiger partial charge in [-0.25, -0.2) is 0 Å². The number of carbonyl (C=O) groups is 1. The van der Waals surface area contributed by atoms with Crippen LogP contribution in [0.25, 0.3) is 0 Å². The molecule has 1 saturated heterocycles. The standard InChI is InChI=1S/C15H21NO2/c1-11-5-4-6-13(9-11)16-8-7-12(10-14(17)18)15(16,2)3/h4-6,9,12H,7-8,10H2,1-3H3,(H,17,18). The third kappa shape index (κ3) is 2.35. The molecule has 3 heteroatoms. The van der Waals surface area contributed by atoms with Gasteiger partial charge in [0.05, 0.1) is 6.42 Å². The van der Waals surface area contributed by atoms with Crippen molar-refractivity contribution < 1.29 is 9.90 Å². The van der Waals surface area contributed by atoms with Crippen LogP contribution < -0.4 is 4.90 Å². The molecule has 0 spiro atoms. The molecule has 1 N–H and O–H groups in total. The van der Waals surface area contributed by atoms with Gasteiger partial charge in [0.1, 0.15) is 0 Å². The van der Waals surface area contributed by atoms with E-state index in [0.717, 1.165) is 13.0 Å². The van der Waals surface area contributed by atoms with Crippen LogP contribution in [0, 0.1) is 12.8 Å². The van der Waals surface area contributed by atoms with E-state index >= 15 is 0 Å². The number of carboxylic acids is 1. The molecule has 3 nitrogen and oxygen atoms in total. The molecule has 1 aromatic rings. The summed E-state index contributed by atoms with van der Waals surface area (Å²) < 4.78 is 0. The van der Waals surface area contributed by atoms with Gasteiger partial charge >= 0.3 is 5.97 Å². The molecule has 18 heavy (non-hydrogen) atoms. The Kier molecular flexibility index (Phi) is 3.33. The van der Waals surface area contributed by atoms with Gasteiger partial charge in [-0.3, -0.25) is 4.79 Å². The molecule has 1 aliphatic heterocycles. The fourth-order valence-corrected chi connectivity index (χ4v) is 2.97. The minimum atomic E-state index is -0.695. The van der Waals surface area contributed by atoms with Crippen molar-refractivity contribution in [2.75, 3.05) is 11.4 Å². The maximum absolute atomic E-state index is 10.9. The van der Waals surface area contributed by atoms with E-state index in [9.17, 15) is 4.79 Å². The molecule has 0 radical (unpaired) electrons. The Balaban J connectivity index is 2.23. The minimum Gasteiger partial charge on any atom is -0.481 e. The highest BCUT2D eigenvalue weighted by atomic mass is 16.4. The van der Waals surface area contributed by atoms with E-state index in [2.05, 4.69) is 49.9 Å². The molecule has 1 atom stereocenters. The average molecular weight is 247 g/mol. The first kappa shape index (κ1) is 12.9. The molecule has 1 unspecified atom stereocenters. The van der Waals surface area contributed by atoms with Gasteiger partial charge in [0.25, 0.3) is 0 Å². The normalized spacial score (nSPS) is 22.2. The van der Waals surface area contributed by atoms with Gasteiger partial charge in [-0.05, 0) is 50.8 Å². The fourth-order valence-electron chi connectivity index (χ4n) is 2.97. The number of carboxylic acid groups (broad SMARTS) is 1. The number of hydrogen-bond donors (Lipinski definition) is 1. The van der Waals surface area contributed by atoms with Crippen molar-refractivity contribution in [3.8, 4) is 0 Å². The molecule has 0 aliphatic carbocycles. The van der Waals surface area contributed by atoms with Gasteiger partial charge in [-0.15, -0.1) is 0 Å². The maximum atomic E-state index is 10.9. The smallest absolute Gasteiger partial charge is 0.303 e. The van der Waals surface area contributed by atoms with Crippen molar-refractivity contribution in [2.45, 2.75) is 39.2 Å². The molecule has 1 fully saturated rings. The van der Waals surface area contributed by atoms with Crippen LogP contribution in [-0.4, -0.2) is 23.2 Å². The van der Waals surface area contributed by atoms with E-state index in [1.54, 1.807) is 0 Å². The lowest BCUT2D eigenvalue weighted by atomic mass is 9.85. The second-order valence-corrected chi connectivity index (χ2v) is 5.73. The highest BCUT2D eigenvalue weighted by molar-refractivity contribution is 5.68. The summed E-state index contributed by atoms with van der Waals surface area (Å²) in [4.78, 5) is 13.3. The fraction of sp³-hybridized carbons (Fsp3) is 0.533. The zero-order valence-corrected chi connectivity index (χ0v) is 11.3. The zero-order valence-electron chi connectivity index (χ0n) is 11.3. The Labute approximate surface area is 108 Å². The second kappa shape index (κ2) is 4.63.